The molecule has 1 aromatic carbocycles. The number of benzene rings is 1. The maximum Gasteiger partial charge on any atom is 0.403 e. The number of imidazole rings is 1. The third-order valence-corrected chi connectivity index (χ3v) is 8.27. The first kappa shape index (κ1) is 32.3. The first-order valence-electron chi connectivity index (χ1n) is 14.4. The van der Waals surface area contributed by atoms with Gasteiger partial charge in [0, 0.05) is 18.3 Å². The van der Waals surface area contributed by atoms with Crippen molar-refractivity contribution in [1.82, 2.24) is 25.6 Å². The van der Waals surface area contributed by atoms with Crippen LogP contribution < -0.4 is 20.7 Å². The number of aromatic amines is 1. The molecule has 10 nitrogen and oxygen atoms in total. The van der Waals surface area contributed by atoms with Gasteiger partial charge >= 0.3 is 12.4 Å². The molecule has 16 heteroatoms. The van der Waals surface area contributed by atoms with Crippen LogP contribution >= 0.6 is 0 Å². The number of H-pyrrole nitrogens is 1. The predicted molar refractivity (Wildman–Crippen MR) is 150 cm³/mol. The van der Waals surface area contributed by atoms with Gasteiger partial charge in [0.25, 0.3) is 5.91 Å². The zero-order valence-corrected chi connectivity index (χ0v) is 24.2. The van der Waals surface area contributed by atoms with Crippen molar-refractivity contribution in [2.24, 2.45) is 11.3 Å². The minimum atomic E-state index is -4.61. The van der Waals surface area contributed by atoms with E-state index in [0.717, 1.165) is 5.56 Å². The lowest BCUT2D eigenvalue weighted by Gasteiger charge is -2.30. The summed E-state index contributed by atoms with van der Waals surface area (Å²) in [5.41, 5.74) is 0.0409. The fourth-order valence-electron chi connectivity index (χ4n) is 5.39. The van der Waals surface area contributed by atoms with Crippen molar-refractivity contribution in [2.75, 3.05) is 18.5 Å². The van der Waals surface area contributed by atoms with Crippen molar-refractivity contribution in [1.29, 1.82) is 0 Å². The average Bonchev–Trinajstić information content (AvgIpc) is 3.72. The Bertz CT molecular complexity index is 1560. The van der Waals surface area contributed by atoms with E-state index < -0.39 is 41.5 Å². The zero-order valence-electron chi connectivity index (χ0n) is 24.2. The second-order valence-electron chi connectivity index (χ2n) is 11.5. The number of aliphatic hydroxyl groups is 1. The molecule has 5 N–H and O–H groups in total. The van der Waals surface area contributed by atoms with Crippen LogP contribution in [0.1, 0.15) is 60.0 Å². The van der Waals surface area contributed by atoms with Gasteiger partial charge in [-0.3, -0.25) is 9.59 Å². The summed E-state index contributed by atoms with van der Waals surface area (Å²) in [6, 6.07) is 6.05. The van der Waals surface area contributed by atoms with Gasteiger partial charge in [-0.1, -0.05) is 12.1 Å². The van der Waals surface area contributed by atoms with Gasteiger partial charge in [-0.2, -0.15) is 36.3 Å². The summed E-state index contributed by atoms with van der Waals surface area (Å²) in [4.78, 5) is 37.1. The summed E-state index contributed by atoms with van der Waals surface area (Å²) >= 11 is 0. The van der Waals surface area contributed by atoms with Gasteiger partial charge in [0.05, 0.1) is 18.0 Å². The van der Waals surface area contributed by atoms with Crippen LogP contribution in [0.2, 0.25) is 0 Å². The van der Waals surface area contributed by atoms with Crippen LogP contribution in [0.4, 0.5) is 38.0 Å². The Hall–Kier alpha value is -4.08. The van der Waals surface area contributed by atoms with Crippen molar-refractivity contribution in [3.8, 4) is 5.88 Å². The number of ether oxygens (including phenoxy) is 1. The Morgan fingerprint density at radius 2 is 1.78 bits per heavy atom. The van der Waals surface area contributed by atoms with E-state index in [9.17, 15) is 41.0 Å². The number of halogens is 6. The molecule has 2 aliphatic rings. The molecule has 2 aliphatic carbocycles. The normalized spacial score (nSPS) is 19.6. The second kappa shape index (κ2) is 12.4. The van der Waals surface area contributed by atoms with Crippen LogP contribution in [0.3, 0.4) is 0 Å². The summed E-state index contributed by atoms with van der Waals surface area (Å²) in [7, 11) is 0. The fourth-order valence-corrected chi connectivity index (χ4v) is 5.39. The maximum absolute atomic E-state index is 13.3. The number of hydrogen-bond donors (Lipinski definition) is 5. The van der Waals surface area contributed by atoms with Gasteiger partial charge in [0.1, 0.15) is 17.6 Å². The highest BCUT2D eigenvalue weighted by molar-refractivity contribution is 5.99. The number of amides is 2. The highest BCUT2D eigenvalue weighted by Gasteiger charge is 2.68. The smallest absolute Gasteiger partial charge is 0.403 e. The molecule has 0 unspecified atom stereocenters. The van der Waals surface area contributed by atoms with E-state index in [4.69, 9.17) is 4.74 Å². The van der Waals surface area contributed by atoms with Gasteiger partial charge in [-0.05, 0) is 68.7 Å². The van der Waals surface area contributed by atoms with Crippen molar-refractivity contribution in [2.45, 2.75) is 70.4 Å². The van der Waals surface area contributed by atoms with Crippen molar-refractivity contribution in [3.63, 3.8) is 0 Å². The summed E-state index contributed by atoms with van der Waals surface area (Å²) < 4.78 is 84.4. The molecule has 3 aromatic rings. The van der Waals surface area contributed by atoms with Crippen LogP contribution in [0, 0.1) is 18.3 Å². The SMILES string of the molecule is Cc1ccc(CNC(=O)C2(C(F)(F)F)CC2)cc1Nc1nc2nc(OCCO)c(C(=O)NC3CCC(C(F)(F)F)CC3)cc2[nH]1. The summed E-state index contributed by atoms with van der Waals surface area (Å²) in [6.45, 7) is 1.15. The average molecular weight is 643 g/mol. The van der Waals surface area contributed by atoms with Crippen LogP contribution in [0.15, 0.2) is 24.3 Å². The predicted octanol–water partition coefficient (Wildman–Crippen LogP) is 5.19. The number of aromatic nitrogens is 3. The lowest BCUT2D eigenvalue weighted by molar-refractivity contribution is -0.192. The van der Waals surface area contributed by atoms with E-state index in [1.165, 1.54) is 6.07 Å². The number of anilines is 2. The fraction of sp³-hybridized carbons (Fsp3) is 0.517. The standard InChI is InChI=1S/C29H32F6N6O4/c1-15-2-3-16(14-36-25(44)27(8-9-27)29(33,34)35)12-20(15)38-26-39-21-13-19(24(45-11-10-42)40-22(21)41-26)23(43)37-18-6-4-17(5-7-18)28(30,31)32/h2-3,12-13,17-18,42H,4-11,14H2,1H3,(H,36,44)(H,37,43)(H2,38,39,40,41). The number of pyridine rings is 1. The van der Waals surface area contributed by atoms with Gasteiger partial charge < -0.3 is 30.8 Å². The molecular formula is C29H32F6N6O4. The number of hydrogen-bond acceptors (Lipinski definition) is 7. The molecule has 5 rings (SSSR count). The molecule has 0 radical (unpaired) electrons. The molecule has 2 heterocycles. The number of aliphatic hydroxyl groups excluding tert-OH is 1. The third-order valence-electron chi connectivity index (χ3n) is 8.27. The van der Waals surface area contributed by atoms with Crippen LogP contribution in [-0.4, -0.2) is 63.5 Å². The number of nitrogens with zero attached hydrogens (tertiary/aromatic N) is 2. The molecule has 2 aromatic heterocycles. The quantitative estimate of drug-likeness (QED) is 0.192. The maximum atomic E-state index is 13.3. The van der Waals surface area contributed by atoms with E-state index in [1.807, 2.05) is 0 Å². The zero-order chi connectivity index (χ0) is 32.6. The van der Waals surface area contributed by atoms with Crippen molar-refractivity contribution < 1.29 is 45.8 Å². The van der Waals surface area contributed by atoms with Gasteiger partial charge in [0.15, 0.2) is 5.65 Å². The Morgan fingerprint density at radius 1 is 1.07 bits per heavy atom. The Kier molecular flexibility index (Phi) is 8.88. The van der Waals surface area contributed by atoms with Crippen LogP contribution in [0.5, 0.6) is 5.88 Å². The lowest BCUT2D eigenvalue weighted by Crippen LogP contribution is -2.40. The van der Waals surface area contributed by atoms with E-state index in [-0.39, 0.29) is 81.3 Å². The van der Waals surface area contributed by atoms with Gasteiger partial charge in [0.2, 0.25) is 17.7 Å². The number of fused-ring (bicyclic) bond motifs is 1. The van der Waals surface area contributed by atoms with Crippen molar-refractivity contribution in [3.05, 3.63) is 41.0 Å². The van der Waals surface area contributed by atoms with E-state index in [0.29, 0.717) is 16.8 Å². The molecule has 0 saturated heterocycles. The number of alkyl halides is 6. The Labute approximate surface area is 253 Å². The molecule has 2 saturated carbocycles. The Balaban J connectivity index is 1.30. The third kappa shape index (κ3) is 7.10. The summed E-state index contributed by atoms with van der Waals surface area (Å²) in [6.07, 6.45) is -9.18. The lowest BCUT2D eigenvalue weighted by atomic mass is 9.85. The first-order valence-corrected chi connectivity index (χ1v) is 14.4. The molecule has 0 bridgehead atoms. The number of nitrogens with one attached hydrogen (secondary N) is 4. The van der Waals surface area contributed by atoms with Gasteiger partial charge in [-0.15, -0.1) is 0 Å². The summed E-state index contributed by atoms with van der Waals surface area (Å²) in [5.74, 6) is -2.94. The number of carbonyl (C=O) groups excluding carboxylic acids is 2. The number of aryl methyl sites for hydroxylation is 1. The minimum absolute atomic E-state index is 0.00491. The molecular weight excluding hydrogens is 610 g/mol. The second-order valence-corrected chi connectivity index (χ2v) is 11.5. The number of carbonyl (C=O) groups is 2. The topological polar surface area (TPSA) is 141 Å². The first-order chi connectivity index (χ1) is 21.2. The summed E-state index contributed by atoms with van der Waals surface area (Å²) in [5, 5.41) is 17.4. The van der Waals surface area contributed by atoms with Crippen LogP contribution in [0.25, 0.3) is 11.2 Å². The molecule has 2 amide bonds. The number of rotatable bonds is 10. The Morgan fingerprint density at radius 3 is 2.40 bits per heavy atom. The van der Waals surface area contributed by atoms with Crippen molar-refractivity contribution >= 4 is 34.6 Å². The molecule has 2 fully saturated rings. The highest BCUT2D eigenvalue weighted by Crippen LogP contribution is 2.57. The van der Waals surface area contributed by atoms with Gasteiger partial charge in [-0.25, -0.2) is 0 Å². The van der Waals surface area contributed by atoms with E-state index in [2.05, 4.69) is 30.9 Å². The van der Waals surface area contributed by atoms with E-state index in [1.54, 1.807) is 25.1 Å². The molecule has 0 atom stereocenters. The van der Waals surface area contributed by atoms with Crippen LogP contribution in [-0.2, 0) is 11.3 Å². The molecule has 45 heavy (non-hydrogen) atoms. The minimum Gasteiger partial charge on any atom is -0.475 e. The monoisotopic (exact) mass is 642 g/mol. The molecule has 0 aliphatic heterocycles. The molecule has 244 valence electrons. The largest absolute Gasteiger partial charge is 0.475 e. The molecule has 0 spiro atoms. The highest BCUT2D eigenvalue weighted by atomic mass is 19.4. The van der Waals surface area contributed by atoms with E-state index >= 15 is 0 Å².